The lowest BCUT2D eigenvalue weighted by atomic mass is 9.92. The van der Waals surface area contributed by atoms with Crippen LogP contribution >= 0.6 is 0 Å². The molecule has 2 N–H and O–H groups in total. The second-order valence-electron chi connectivity index (χ2n) is 4.46. The van der Waals surface area contributed by atoms with E-state index in [0.717, 1.165) is 12.8 Å². The number of benzene rings is 1. The average molecular weight is 223 g/mol. The molecule has 1 unspecified atom stereocenters. The summed E-state index contributed by atoms with van der Waals surface area (Å²) in [6.07, 6.45) is 4.67. The lowest BCUT2D eigenvalue weighted by molar-refractivity contribution is 0.404. The normalized spacial score (nSPS) is 18.7. The zero-order valence-corrected chi connectivity index (χ0v) is 9.58. The van der Waals surface area contributed by atoms with Crippen molar-refractivity contribution < 1.29 is 9.13 Å². The van der Waals surface area contributed by atoms with Crippen LogP contribution in [-0.4, -0.2) is 7.11 Å². The maximum absolute atomic E-state index is 13.8. The molecule has 1 aliphatic rings. The standard InChI is InChI=1S/C13H18FNO/c1-16-10-6-7-11(12(14)8-10)13(15)9-4-2-3-5-9/h6-9,13H,2-5,15H2,1H3. The molecular weight excluding hydrogens is 205 g/mol. The molecule has 1 aliphatic carbocycles. The highest BCUT2D eigenvalue weighted by Crippen LogP contribution is 2.35. The van der Waals surface area contributed by atoms with Crippen molar-refractivity contribution in [2.45, 2.75) is 31.7 Å². The van der Waals surface area contributed by atoms with Crippen molar-refractivity contribution >= 4 is 0 Å². The fourth-order valence-electron chi connectivity index (χ4n) is 2.48. The van der Waals surface area contributed by atoms with Gasteiger partial charge < -0.3 is 10.5 Å². The van der Waals surface area contributed by atoms with Crippen LogP contribution in [0.5, 0.6) is 5.75 Å². The maximum Gasteiger partial charge on any atom is 0.131 e. The third kappa shape index (κ3) is 2.19. The summed E-state index contributed by atoms with van der Waals surface area (Å²) in [6.45, 7) is 0. The first-order valence-electron chi connectivity index (χ1n) is 5.81. The molecule has 1 saturated carbocycles. The summed E-state index contributed by atoms with van der Waals surface area (Å²) >= 11 is 0. The van der Waals surface area contributed by atoms with E-state index in [4.69, 9.17) is 10.5 Å². The number of ether oxygens (including phenoxy) is 1. The first-order valence-corrected chi connectivity index (χ1v) is 5.81. The first-order chi connectivity index (χ1) is 7.72. The number of halogens is 1. The molecule has 0 saturated heterocycles. The third-order valence-electron chi connectivity index (χ3n) is 3.47. The Morgan fingerprint density at radius 2 is 2.06 bits per heavy atom. The minimum absolute atomic E-state index is 0.173. The molecule has 0 aliphatic heterocycles. The Kier molecular flexibility index (Phi) is 3.44. The van der Waals surface area contributed by atoms with Crippen LogP contribution in [0.2, 0.25) is 0 Å². The predicted molar refractivity (Wildman–Crippen MR) is 61.8 cm³/mol. The SMILES string of the molecule is COc1ccc(C(N)C2CCCC2)c(F)c1. The molecule has 2 nitrogen and oxygen atoms in total. The fourth-order valence-corrected chi connectivity index (χ4v) is 2.48. The molecule has 16 heavy (non-hydrogen) atoms. The summed E-state index contributed by atoms with van der Waals surface area (Å²) in [5.74, 6) is 0.724. The number of hydrogen-bond acceptors (Lipinski definition) is 2. The number of methoxy groups -OCH3 is 1. The van der Waals surface area contributed by atoms with Gasteiger partial charge in [-0.2, -0.15) is 0 Å². The molecule has 2 rings (SSSR count). The molecule has 1 aromatic carbocycles. The Balaban J connectivity index is 2.19. The van der Waals surface area contributed by atoms with E-state index in [9.17, 15) is 4.39 Å². The van der Waals surface area contributed by atoms with Crippen LogP contribution in [0.1, 0.15) is 37.3 Å². The second-order valence-corrected chi connectivity index (χ2v) is 4.46. The van der Waals surface area contributed by atoms with Crippen molar-refractivity contribution in [3.05, 3.63) is 29.6 Å². The monoisotopic (exact) mass is 223 g/mol. The fraction of sp³-hybridized carbons (Fsp3) is 0.538. The van der Waals surface area contributed by atoms with E-state index >= 15 is 0 Å². The average Bonchev–Trinajstić information content (AvgIpc) is 2.81. The topological polar surface area (TPSA) is 35.2 Å². The van der Waals surface area contributed by atoms with E-state index in [-0.39, 0.29) is 11.9 Å². The minimum atomic E-state index is -0.251. The van der Waals surface area contributed by atoms with Crippen molar-refractivity contribution in [3.63, 3.8) is 0 Å². The Morgan fingerprint density at radius 3 is 2.62 bits per heavy atom. The van der Waals surface area contributed by atoms with E-state index in [2.05, 4.69) is 0 Å². The van der Waals surface area contributed by atoms with Gasteiger partial charge in [-0.3, -0.25) is 0 Å². The molecule has 1 fully saturated rings. The zero-order valence-electron chi connectivity index (χ0n) is 9.58. The molecule has 0 bridgehead atoms. The summed E-state index contributed by atoms with van der Waals surface area (Å²) in [6, 6.07) is 4.75. The van der Waals surface area contributed by atoms with Gasteiger partial charge in [-0.05, 0) is 24.8 Å². The van der Waals surface area contributed by atoms with Crippen LogP contribution < -0.4 is 10.5 Å². The van der Waals surface area contributed by atoms with Crippen molar-refractivity contribution in [3.8, 4) is 5.75 Å². The molecule has 3 heteroatoms. The summed E-state index contributed by atoms with van der Waals surface area (Å²) in [5.41, 5.74) is 6.73. The van der Waals surface area contributed by atoms with Gasteiger partial charge in [-0.15, -0.1) is 0 Å². The van der Waals surface area contributed by atoms with E-state index < -0.39 is 0 Å². The summed E-state index contributed by atoms with van der Waals surface area (Å²) in [7, 11) is 1.53. The largest absolute Gasteiger partial charge is 0.497 e. The van der Waals surface area contributed by atoms with E-state index in [0.29, 0.717) is 17.2 Å². The van der Waals surface area contributed by atoms with Gasteiger partial charge in [0.15, 0.2) is 0 Å². The first kappa shape index (κ1) is 11.4. The van der Waals surface area contributed by atoms with Crippen LogP contribution in [0.15, 0.2) is 18.2 Å². The summed E-state index contributed by atoms with van der Waals surface area (Å²) < 4.78 is 18.8. The highest BCUT2D eigenvalue weighted by atomic mass is 19.1. The molecule has 0 aromatic heterocycles. The van der Waals surface area contributed by atoms with Crippen LogP contribution in [0.4, 0.5) is 4.39 Å². The van der Waals surface area contributed by atoms with Crippen LogP contribution in [0.3, 0.4) is 0 Å². The van der Waals surface area contributed by atoms with E-state index in [1.807, 2.05) is 0 Å². The Bertz CT molecular complexity index is 361. The van der Waals surface area contributed by atoms with E-state index in [1.54, 1.807) is 12.1 Å². The maximum atomic E-state index is 13.8. The van der Waals surface area contributed by atoms with Crippen molar-refractivity contribution in [1.82, 2.24) is 0 Å². The number of rotatable bonds is 3. The van der Waals surface area contributed by atoms with Crippen molar-refractivity contribution in [2.24, 2.45) is 11.7 Å². The number of nitrogens with two attached hydrogens (primary N) is 1. The highest BCUT2D eigenvalue weighted by Gasteiger charge is 2.25. The van der Waals surface area contributed by atoms with Crippen molar-refractivity contribution in [1.29, 1.82) is 0 Å². The molecule has 0 spiro atoms. The Morgan fingerprint density at radius 1 is 1.38 bits per heavy atom. The lowest BCUT2D eigenvalue weighted by Crippen LogP contribution is -2.20. The molecule has 0 amide bonds. The predicted octanol–water partition coefficient (Wildman–Crippen LogP) is 3.02. The van der Waals surface area contributed by atoms with Gasteiger partial charge in [-0.25, -0.2) is 4.39 Å². The van der Waals surface area contributed by atoms with Gasteiger partial charge >= 0.3 is 0 Å². The van der Waals surface area contributed by atoms with Crippen LogP contribution in [-0.2, 0) is 0 Å². The smallest absolute Gasteiger partial charge is 0.131 e. The highest BCUT2D eigenvalue weighted by molar-refractivity contribution is 5.31. The Labute approximate surface area is 95.6 Å². The van der Waals surface area contributed by atoms with Crippen molar-refractivity contribution in [2.75, 3.05) is 7.11 Å². The Hall–Kier alpha value is -1.09. The van der Waals surface area contributed by atoms with Crippen LogP contribution in [0, 0.1) is 11.7 Å². The second kappa shape index (κ2) is 4.83. The minimum Gasteiger partial charge on any atom is -0.497 e. The van der Waals surface area contributed by atoms with Gasteiger partial charge in [0.05, 0.1) is 7.11 Å². The molecular formula is C13H18FNO. The summed E-state index contributed by atoms with van der Waals surface area (Å²) in [4.78, 5) is 0. The number of hydrogen-bond donors (Lipinski definition) is 1. The van der Waals surface area contributed by atoms with Gasteiger partial charge in [0, 0.05) is 17.7 Å². The lowest BCUT2D eigenvalue weighted by Gasteiger charge is -2.20. The zero-order chi connectivity index (χ0) is 11.5. The van der Waals surface area contributed by atoms with E-state index in [1.165, 1.54) is 26.0 Å². The van der Waals surface area contributed by atoms with Gasteiger partial charge in [-0.1, -0.05) is 18.9 Å². The quantitative estimate of drug-likeness (QED) is 0.854. The third-order valence-corrected chi connectivity index (χ3v) is 3.47. The van der Waals surface area contributed by atoms with Gasteiger partial charge in [0.25, 0.3) is 0 Å². The molecule has 0 heterocycles. The van der Waals surface area contributed by atoms with Gasteiger partial charge in [0.1, 0.15) is 11.6 Å². The van der Waals surface area contributed by atoms with Crippen LogP contribution in [0.25, 0.3) is 0 Å². The molecule has 0 radical (unpaired) electrons. The summed E-state index contributed by atoms with van der Waals surface area (Å²) in [5, 5.41) is 0. The molecule has 1 aromatic rings. The van der Waals surface area contributed by atoms with Gasteiger partial charge in [0.2, 0.25) is 0 Å². The molecule has 1 atom stereocenters. The molecule has 88 valence electrons.